The first-order valence-electron chi connectivity index (χ1n) is 10.5. The Hall–Kier alpha value is -0.900. The maximum Gasteiger partial charge on any atom is 0.0529 e. The van der Waals surface area contributed by atoms with E-state index in [0.717, 1.165) is 0 Å². The van der Waals surface area contributed by atoms with E-state index in [-0.39, 0.29) is 0 Å². The summed E-state index contributed by atoms with van der Waals surface area (Å²) in [5.41, 5.74) is 1.37. The predicted molar refractivity (Wildman–Crippen MR) is 128 cm³/mol. The molecule has 0 spiro atoms. The molecule has 148 valence electrons. The van der Waals surface area contributed by atoms with Gasteiger partial charge in [-0.2, -0.15) is 0 Å². The third-order valence-electron chi connectivity index (χ3n) is 4.65. The van der Waals surface area contributed by atoms with E-state index in [9.17, 15) is 0 Å². The zero-order valence-corrected chi connectivity index (χ0v) is 19.4. The minimum Gasteiger partial charge on any atom is -0.144 e. The molecule has 0 aliphatic carbocycles. The minimum atomic E-state index is 1.36. The highest BCUT2D eigenvalue weighted by Gasteiger charge is 2.09. The Balaban J connectivity index is 0.000000201. The van der Waals surface area contributed by atoms with E-state index < -0.39 is 0 Å². The molecule has 3 rings (SSSR count). The molecule has 0 fully saturated rings. The van der Waals surface area contributed by atoms with Crippen LogP contribution in [0, 0.1) is 0 Å². The summed E-state index contributed by atoms with van der Waals surface area (Å²) >= 11 is 5.43. The molecule has 0 amide bonds. The highest BCUT2D eigenvalue weighted by Crippen LogP contribution is 2.40. The molecule has 27 heavy (non-hydrogen) atoms. The molecule has 0 unspecified atom stereocenters. The van der Waals surface area contributed by atoms with Gasteiger partial charge in [-0.1, -0.05) is 90.2 Å². The van der Waals surface area contributed by atoms with Crippen LogP contribution in [0.5, 0.6) is 0 Å². The summed E-state index contributed by atoms with van der Waals surface area (Å²) in [6.07, 6.45) is 14.4. The SMILES string of the molecule is CCCCCCCCCCCC.c1csc(-c2ccsc2-c2cccs2)c1. The van der Waals surface area contributed by atoms with Gasteiger partial charge in [-0.15, -0.1) is 34.0 Å². The van der Waals surface area contributed by atoms with Gasteiger partial charge < -0.3 is 0 Å². The number of hydrogen-bond acceptors (Lipinski definition) is 3. The number of hydrogen-bond donors (Lipinski definition) is 0. The topological polar surface area (TPSA) is 0 Å². The van der Waals surface area contributed by atoms with Crippen LogP contribution in [0.2, 0.25) is 0 Å². The number of unbranched alkanes of at least 4 members (excludes halogenated alkanes) is 9. The molecule has 0 saturated heterocycles. The normalized spacial score (nSPS) is 10.6. The van der Waals surface area contributed by atoms with Gasteiger partial charge in [0, 0.05) is 15.3 Å². The third-order valence-corrected chi connectivity index (χ3v) is 7.52. The van der Waals surface area contributed by atoms with Crippen molar-refractivity contribution in [2.24, 2.45) is 0 Å². The number of thiophene rings is 3. The van der Waals surface area contributed by atoms with Crippen LogP contribution in [0.4, 0.5) is 0 Å². The fraction of sp³-hybridized carbons (Fsp3) is 0.500. The molecule has 0 aliphatic heterocycles. The maximum atomic E-state index is 2.28. The molecule has 0 N–H and O–H groups in total. The van der Waals surface area contributed by atoms with E-state index in [1.807, 2.05) is 22.7 Å². The fourth-order valence-electron chi connectivity index (χ4n) is 3.09. The zero-order chi connectivity index (χ0) is 19.2. The van der Waals surface area contributed by atoms with Gasteiger partial charge in [0.05, 0.1) is 4.88 Å². The van der Waals surface area contributed by atoms with Crippen LogP contribution in [0.3, 0.4) is 0 Å². The summed E-state index contributed by atoms with van der Waals surface area (Å²) in [6.45, 7) is 4.56. The predicted octanol–water partition coefficient (Wildman–Crippen LogP) is 10.1. The van der Waals surface area contributed by atoms with Gasteiger partial charge >= 0.3 is 0 Å². The van der Waals surface area contributed by atoms with Crippen molar-refractivity contribution < 1.29 is 0 Å². The maximum absolute atomic E-state index is 2.28. The van der Waals surface area contributed by atoms with Crippen molar-refractivity contribution in [1.82, 2.24) is 0 Å². The molecule has 3 aromatic heterocycles. The molecule has 0 bridgehead atoms. The van der Waals surface area contributed by atoms with Gasteiger partial charge in [0.25, 0.3) is 0 Å². The minimum absolute atomic E-state index is 1.36. The van der Waals surface area contributed by atoms with Crippen LogP contribution < -0.4 is 0 Å². The van der Waals surface area contributed by atoms with Gasteiger partial charge in [0.2, 0.25) is 0 Å². The van der Waals surface area contributed by atoms with Crippen molar-refractivity contribution in [3.63, 3.8) is 0 Å². The molecule has 3 heteroatoms. The smallest absolute Gasteiger partial charge is 0.0529 e. The molecule has 3 heterocycles. The highest BCUT2D eigenvalue weighted by atomic mass is 32.1. The van der Waals surface area contributed by atoms with Gasteiger partial charge in [-0.3, -0.25) is 0 Å². The van der Waals surface area contributed by atoms with Crippen molar-refractivity contribution in [1.29, 1.82) is 0 Å². The Labute approximate surface area is 178 Å². The second-order valence-corrected chi connectivity index (χ2v) is 9.76. The molecule has 0 radical (unpaired) electrons. The van der Waals surface area contributed by atoms with Crippen molar-refractivity contribution in [3.05, 3.63) is 46.5 Å². The van der Waals surface area contributed by atoms with Crippen molar-refractivity contribution in [2.75, 3.05) is 0 Å². The van der Waals surface area contributed by atoms with Crippen LogP contribution in [-0.4, -0.2) is 0 Å². The summed E-state index contributed by atoms with van der Waals surface area (Å²) in [5, 5.41) is 6.43. The van der Waals surface area contributed by atoms with Gasteiger partial charge in [-0.05, 0) is 34.3 Å². The van der Waals surface area contributed by atoms with Gasteiger partial charge in [-0.25, -0.2) is 0 Å². The lowest BCUT2D eigenvalue weighted by atomic mass is 10.1. The van der Waals surface area contributed by atoms with Crippen LogP contribution in [0.25, 0.3) is 20.2 Å². The molecule has 0 saturated carbocycles. The Morgan fingerprint density at radius 2 is 1.07 bits per heavy atom. The fourth-order valence-corrected chi connectivity index (χ4v) is 5.71. The van der Waals surface area contributed by atoms with E-state index in [1.165, 1.54) is 84.4 Å². The lowest BCUT2D eigenvalue weighted by molar-refractivity contribution is 0.562. The van der Waals surface area contributed by atoms with E-state index in [0.29, 0.717) is 0 Å². The molecule has 0 aromatic carbocycles. The van der Waals surface area contributed by atoms with E-state index >= 15 is 0 Å². The largest absolute Gasteiger partial charge is 0.144 e. The average molecular weight is 419 g/mol. The first-order chi connectivity index (χ1) is 13.4. The summed E-state index contributed by atoms with van der Waals surface area (Å²) in [4.78, 5) is 4.13. The molecule has 0 aliphatic rings. The molecule has 3 aromatic rings. The lowest BCUT2D eigenvalue weighted by Crippen LogP contribution is -1.80. The average Bonchev–Trinajstić information content (AvgIpc) is 3.44. The zero-order valence-electron chi connectivity index (χ0n) is 16.9. The van der Waals surface area contributed by atoms with E-state index in [4.69, 9.17) is 0 Å². The molecule has 0 nitrogen and oxygen atoms in total. The Morgan fingerprint density at radius 3 is 1.56 bits per heavy atom. The van der Waals surface area contributed by atoms with E-state index in [2.05, 4.69) is 60.3 Å². The Kier molecular flexibility index (Phi) is 11.7. The summed E-state index contributed by atoms with van der Waals surface area (Å²) in [6, 6.07) is 10.8. The van der Waals surface area contributed by atoms with Crippen molar-refractivity contribution >= 4 is 34.0 Å². The summed E-state index contributed by atoms with van der Waals surface area (Å²) in [7, 11) is 0. The van der Waals surface area contributed by atoms with Gasteiger partial charge in [0.1, 0.15) is 0 Å². The highest BCUT2D eigenvalue weighted by molar-refractivity contribution is 7.21. The standard InChI is InChI=1S/C12H8S3.C12H26/c1-3-10(13-6-1)9-5-8-15-12(9)11-4-2-7-14-11;1-3-5-7-9-11-12-10-8-6-4-2/h1-8H;3-12H2,1-2H3. The summed E-state index contributed by atoms with van der Waals surface area (Å²) in [5.74, 6) is 0. The van der Waals surface area contributed by atoms with Crippen LogP contribution in [0.1, 0.15) is 78.1 Å². The summed E-state index contributed by atoms with van der Waals surface area (Å²) < 4.78 is 0. The van der Waals surface area contributed by atoms with Crippen molar-refractivity contribution in [2.45, 2.75) is 78.1 Å². The second kappa shape index (κ2) is 14.1. The van der Waals surface area contributed by atoms with Crippen LogP contribution >= 0.6 is 34.0 Å². The Bertz CT molecular complexity index is 618. The molecular formula is C24H34S3. The number of rotatable bonds is 11. The quantitative estimate of drug-likeness (QED) is 0.272. The van der Waals surface area contributed by atoms with Crippen LogP contribution in [-0.2, 0) is 0 Å². The lowest BCUT2D eigenvalue weighted by Gasteiger charge is -1.99. The molecular weight excluding hydrogens is 384 g/mol. The third kappa shape index (κ3) is 8.33. The first-order valence-corrected chi connectivity index (χ1v) is 13.2. The van der Waals surface area contributed by atoms with Gasteiger partial charge in [0.15, 0.2) is 0 Å². The monoisotopic (exact) mass is 418 g/mol. The van der Waals surface area contributed by atoms with Crippen molar-refractivity contribution in [3.8, 4) is 20.2 Å². The first kappa shape index (κ1) is 22.4. The van der Waals surface area contributed by atoms with Crippen LogP contribution in [0.15, 0.2) is 46.5 Å². The van der Waals surface area contributed by atoms with E-state index in [1.54, 1.807) is 11.3 Å². The Morgan fingerprint density at radius 1 is 0.556 bits per heavy atom. The second-order valence-electron chi connectivity index (χ2n) is 6.95. The molecule has 0 atom stereocenters.